The van der Waals surface area contributed by atoms with Crippen LogP contribution in [0.1, 0.15) is 24.5 Å². The number of hydrogen-bond donors (Lipinski definition) is 1. The zero-order chi connectivity index (χ0) is 14.9. The van der Waals surface area contributed by atoms with Gasteiger partial charge in [-0.2, -0.15) is 4.31 Å². The molecule has 3 rings (SSSR count). The first-order valence-electron chi connectivity index (χ1n) is 7.56. The molecule has 0 aromatic heterocycles. The maximum atomic E-state index is 13.0. The third kappa shape index (κ3) is 2.85. The molecule has 2 aliphatic rings. The second-order valence-electron chi connectivity index (χ2n) is 5.58. The molecule has 1 fully saturated rings. The zero-order valence-electron chi connectivity index (χ0n) is 12.3. The largest absolute Gasteiger partial charge is 0.375 e. The molecule has 6 heteroatoms. The van der Waals surface area contributed by atoms with Crippen LogP contribution in [0.4, 0.5) is 0 Å². The van der Waals surface area contributed by atoms with Crippen LogP contribution in [-0.4, -0.2) is 45.1 Å². The number of fused-ring (bicyclic) bond motifs is 1. The van der Waals surface area contributed by atoms with Crippen LogP contribution < -0.4 is 5.32 Å². The van der Waals surface area contributed by atoms with E-state index in [2.05, 4.69) is 5.32 Å². The number of sulfonamides is 1. The zero-order valence-corrected chi connectivity index (χ0v) is 13.2. The highest BCUT2D eigenvalue weighted by Crippen LogP contribution is 2.27. The summed E-state index contributed by atoms with van der Waals surface area (Å²) < 4.78 is 33.1. The van der Waals surface area contributed by atoms with Crippen molar-refractivity contribution >= 4 is 10.0 Å². The van der Waals surface area contributed by atoms with Gasteiger partial charge in [0.2, 0.25) is 10.0 Å². The van der Waals surface area contributed by atoms with E-state index in [0.717, 1.165) is 37.1 Å². The van der Waals surface area contributed by atoms with E-state index in [1.807, 2.05) is 19.1 Å². The van der Waals surface area contributed by atoms with E-state index < -0.39 is 10.0 Å². The Bertz CT molecular complexity index is 615. The molecule has 1 atom stereocenters. The van der Waals surface area contributed by atoms with Gasteiger partial charge < -0.3 is 10.1 Å². The lowest BCUT2D eigenvalue weighted by molar-refractivity contribution is -0.00279. The standard InChI is InChI=1S/C15H22N2O3S/c1-2-13-11-17(8-9-20-13)21(18,19)15-5-3-4-12-10-16-7-6-14(12)15/h3-5,13,16H,2,6-11H2,1H3. The van der Waals surface area contributed by atoms with Crippen LogP contribution in [0.5, 0.6) is 0 Å². The van der Waals surface area contributed by atoms with Gasteiger partial charge >= 0.3 is 0 Å². The predicted molar refractivity (Wildman–Crippen MR) is 80.6 cm³/mol. The lowest BCUT2D eigenvalue weighted by atomic mass is 10.0. The smallest absolute Gasteiger partial charge is 0.243 e. The Morgan fingerprint density at radius 2 is 2.29 bits per heavy atom. The Morgan fingerprint density at radius 3 is 3.10 bits per heavy atom. The molecule has 5 nitrogen and oxygen atoms in total. The van der Waals surface area contributed by atoms with Crippen molar-refractivity contribution in [3.8, 4) is 0 Å². The van der Waals surface area contributed by atoms with Crippen LogP contribution in [0, 0.1) is 0 Å². The monoisotopic (exact) mass is 310 g/mol. The van der Waals surface area contributed by atoms with Crippen LogP contribution in [0.15, 0.2) is 23.1 Å². The van der Waals surface area contributed by atoms with Gasteiger partial charge in [-0.1, -0.05) is 19.1 Å². The molecule has 2 aliphatic heterocycles. The third-order valence-corrected chi connectivity index (χ3v) is 6.22. The Morgan fingerprint density at radius 1 is 1.43 bits per heavy atom. The van der Waals surface area contributed by atoms with Crippen LogP contribution in [0.2, 0.25) is 0 Å². The van der Waals surface area contributed by atoms with Gasteiger partial charge in [0, 0.05) is 19.6 Å². The molecule has 116 valence electrons. The number of nitrogens with zero attached hydrogens (tertiary/aromatic N) is 1. The topological polar surface area (TPSA) is 58.6 Å². The van der Waals surface area contributed by atoms with E-state index >= 15 is 0 Å². The summed E-state index contributed by atoms with van der Waals surface area (Å²) in [6.07, 6.45) is 1.62. The van der Waals surface area contributed by atoms with E-state index in [4.69, 9.17) is 4.74 Å². The fourth-order valence-corrected chi connectivity index (χ4v) is 4.79. The molecule has 1 aromatic carbocycles. The maximum Gasteiger partial charge on any atom is 0.243 e. The van der Waals surface area contributed by atoms with E-state index in [9.17, 15) is 8.42 Å². The van der Waals surface area contributed by atoms with Gasteiger partial charge in [-0.3, -0.25) is 0 Å². The molecular formula is C15H22N2O3S. The van der Waals surface area contributed by atoms with Crippen molar-refractivity contribution in [2.75, 3.05) is 26.2 Å². The second kappa shape index (κ2) is 6.04. The van der Waals surface area contributed by atoms with Crippen molar-refractivity contribution in [3.05, 3.63) is 29.3 Å². The summed E-state index contributed by atoms with van der Waals surface area (Å²) in [5.74, 6) is 0. The van der Waals surface area contributed by atoms with Crippen molar-refractivity contribution in [1.29, 1.82) is 0 Å². The van der Waals surface area contributed by atoms with E-state index in [-0.39, 0.29) is 6.10 Å². The molecule has 1 N–H and O–H groups in total. The van der Waals surface area contributed by atoms with Crippen LogP contribution >= 0.6 is 0 Å². The molecule has 1 saturated heterocycles. The molecule has 1 aromatic rings. The van der Waals surface area contributed by atoms with Gasteiger partial charge in [0.1, 0.15) is 0 Å². The first-order valence-corrected chi connectivity index (χ1v) is 9.00. The van der Waals surface area contributed by atoms with E-state index in [1.54, 1.807) is 10.4 Å². The summed E-state index contributed by atoms with van der Waals surface area (Å²) in [4.78, 5) is 0.484. The number of ether oxygens (including phenoxy) is 1. The van der Waals surface area contributed by atoms with Gasteiger partial charge in [-0.25, -0.2) is 8.42 Å². The normalized spacial score (nSPS) is 23.8. The van der Waals surface area contributed by atoms with Crippen LogP contribution in [-0.2, 0) is 27.7 Å². The average Bonchev–Trinajstić information content (AvgIpc) is 2.54. The Hall–Kier alpha value is -0.950. The van der Waals surface area contributed by atoms with Crippen molar-refractivity contribution in [1.82, 2.24) is 9.62 Å². The summed E-state index contributed by atoms with van der Waals surface area (Å²) >= 11 is 0. The fourth-order valence-electron chi connectivity index (χ4n) is 3.04. The van der Waals surface area contributed by atoms with Crippen molar-refractivity contribution in [2.24, 2.45) is 0 Å². The number of benzene rings is 1. The van der Waals surface area contributed by atoms with Gasteiger partial charge in [0.15, 0.2) is 0 Å². The first-order chi connectivity index (χ1) is 10.1. The predicted octanol–water partition coefficient (Wildman–Crippen LogP) is 1.13. The molecule has 0 amide bonds. The van der Waals surface area contributed by atoms with Gasteiger partial charge in [-0.05, 0) is 36.6 Å². The van der Waals surface area contributed by atoms with Crippen molar-refractivity contribution in [2.45, 2.75) is 37.3 Å². The highest BCUT2D eigenvalue weighted by atomic mass is 32.2. The lowest BCUT2D eigenvalue weighted by Crippen LogP contribution is -2.45. The number of morpholine rings is 1. The lowest BCUT2D eigenvalue weighted by Gasteiger charge is -2.32. The summed E-state index contributed by atoms with van der Waals surface area (Å²) in [6, 6.07) is 5.60. The SMILES string of the molecule is CCC1CN(S(=O)(=O)c2cccc3c2CCNC3)CCO1. The van der Waals surface area contributed by atoms with E-state index in [0.29, 0.717) is 24.6 Å². The average molecular weight is 310 g/mol. The number of hydrogen-bond acceptors (Lipinski definition) is 4. The first kappa shape index (κ1) is 15.0. The Labute approximate surface area is 126 Å². The summed E-state index contributed by atoms with van der Waals surface area (Å²) in [5, 5.41) is 3.29. The number of nitrogens with one attached hydrogen (secondary N) is 1. The molecule has 0 aliphatic carbocycles. The molecule has 1 unspecified atom stereocenters. The minimum atomic E-state index is -3.42. The fraction of sp³-hybridized carbons (Fsp3) is 0.600. The minimum Gasteiger partial charge on any atom is -0.375 e. The molecule has 2 heterocycles. The minimum absolute atomic E-state index is 0.00901. The van der Waals surface area contributed by atoms with Crippen LogP contribution in [0.25, 0.3) is 0 Å². The van der Waals surface area contributed by atoms with Crippen molar-refractivity contribution in [3.63, 3.8) is 0 Å². The Balaban J connectivity index is 1.95. The summed E-state index contributed by atoms with van der Waals surface area (Å²) in [6.45, 7) is 4.99. The maximum absolute atomic E-state index is 13.0. The molecule has 0 bridgehead atoms. The highest BCUT2D eigenvalue weighted by Gasteiger charge is 2.32. The van der Waals surface area contributed by atoms with Gasteiger partial charge in [-0.15, -0.1) is 0 Å². The van der Waals surface area contributed by atoms with Crippen LogP contribution in [0.3, 0.4) is 0 Å². The molecule has 0 radical (unpaired) electrons. The highest BCUT2D eigenvalue weighted by molar-refractivity contribution is 7.89. The van der Waals surface area contributed by atoms with Gasteiger partial charge in [0.25, 0.3) is 0 Å². The summed E-state index contributed by atoms with van der Waals surface area (Å²) in [5.41, 5.74) is 2.08. The molecule has 0 saturated carbocycles. The third-order valence-electron chi connectivity index (χ3n) is 4.27. The summed E-state index contributed by atoms with van der Waals surface area (Å²) in [7, 11) is -3.42. The second-order valence-corrected chi connectivity index (χ2v) is 7.49. The van der Waals surface area contributed by atoms with Gasteiger partial charge in [0.05, 0.1) is 17.6 Å². The Kier molecular flexibility index (Phi) is 4.31. The molecular weight excluding hydrogens is 288 g/mol. The van der Waals surface area contributed by atoms with Crippen molar-refractivity contribution < 1.29 is 13.2 Å². The van der Waals surface area contributed by atoms with E-state index in [1.165, 1.54) is 0 Å². The molecule has 21 heavy (non-hydrogen) atoms. The molecule has 0 spiro atoms. The number of rotatable bonds is 3. The quantitative estimate of drug-likeness (QED) is 0.909.